The smallest absolute Gasteiger partial charge is 0.257 e. The number of aromatic nitrogens is 5. The SMILES string of the molecule is Nc1nc(NC2CCCC2)nc(-n2cccn2)n1. The van der Waals surface area contributed by atoms with Crippen molar-refractivity contribution in [2.45, 2.75) is 31.7 Å². The van der Waals surface area contributed by atoms with Crippen LogP contribution in [0.4, 0.5) is 11.9 Å². The zero-order chi connectivity index (χ0) is 12.4. The van der Waals surface area contributed by atoms with Gasteiger partial charge in [0.25, 0.3) is 5.95 Å². The molecule has 7 heteroatoms. The molecule has 2 aromatic rings. The van der Waals surface area contributed by atoms with Gasteiger partial charge in [0.05, 0.1) is 0 Å². The van der Waals surface area contributed by atoms with Crippen LogP contribution in [-0.2, 0) is 0 Å². The fourth-order valence-electron chi connectivity index (χ4n) is 2.19. The van der Waals surface area contributed by atoms with Crippen LogP contribution in [0, 0.1) is 0 Å². The van der Waals surface area contributed by atoms with Gasteiger partial charge in [-0.2, -0.15) is 20.1 Å². The van der Waals surface area contributed by atoms with E-state index in [0.717, 1.165) is 12.8 Å². The van der Waals surface area contributed by atoms with Crippen molar-refractivity contribution in [1.29, 1.82) is 0 Å². The average Bonchev–Trinajstić information content (AvgIpc) is 3.00. The topological polar surface area (TPSA) is 94.5 Å². The lowest BCUT2D eigenvalue weighted by atomic mass is 10.3. The predicted octanol–water partition coefficient (Wildman–Crippen LogP) is 0.994. The molecule has 0 radical (unpaired) electrons. The van der Waals surface area contributed by atoms with Gasteiger partial charge < -0.3 is 11.1 Å². The van der Waals surface area contributed by atoms with Crippen molar-refractivity contribution in [3.8, 4) is 5.95 Å². The summed E-state index contributed by atoms with van der Waals surface area (Å²) < 4.78 is 1.57. The largest absolute Gasteiger partial charge is 0.368 e. The van der Waals surface area contributed by atoms with Gasteiger partial charge in [-0.15, -0.1) is 0 Å². The van der Waals surface area contributed by atoms with Gasteiger partial charge in [0, 0.05) is 18.4 Å². The summed E-state index contributed by atoms with van der Waals surface area (Å²) in [5.74, 6) is 1.17. The number of anilines is 2. The Morgan fingerprint density at radius 1 is 1.22 bits per heavy atom. The predicted molar refractivity (Wildman–Crippen MR) is 67.2 cm³/mol. The Balaban J connectivity index is 1.86. The highest BCUT2D eigenvalue weighted by atomic mass is 15.4. The van der Waals surface area contributed by atoms with Crippen LogP contribution in [0.1, 0.15) is 25.7 Å². The van der Waals surface area contributed by atoms with E-state index in [9.17, 15) is 0 Å². The molecule has 0 bridgehead atoms. The molecular formula is C11H15N7. The molecule has 0 atom stereocenters. The lowest BCUT2D eigenvalue weighted by Gasteiger charge is -2.12. The van der Waals surface area contributed by atoms with Crippen LogP contribution in [0.15, 0.2) is 18.5 Å². The van der Waals surface area contributed by atoms with Crippen LogP contribution in [-0.4, -0.2) is 30.8 Å². The lowest BCUT2D eigenvalue weighted by Crippen LogP contribution is -2.18. The van der Waals surface area contributed by atoms with Crippen LogP contribution in [0.25, 0.3) is 5.95 Å². The molecule has 0 unspecified atom stereocenters. The third kappa shape index (κ3) is 2.24. The van der Waals surface area contributed by atoms with Gasteiger partial charge in [-0.1, -0.05) is 12.8 Å². The lowest BCUT2D eigenvalue weighted by molar-refractivity contribution is 0.734. The first-order chi connectivity index (χ1) is 8.81. The highest BCUT2D eigenvalue weighted by molar-refractivity contribution is 5.35. The molecule has 18 heavy (non-hydrogen) atoms. The van der Waals surface area contributed by atoms with E-state index in [-0.39, 0.29) is 5.95 Å². The van der Waals surface area contributed by atoms with Crippen LogP contribution in [0.5, 0.6) is 0 Å². The van der Waals surface area contributed by atoms with Gasteiger partial charge in [0.1, 0.15) is 0 Å². The number of nitrogen functional groups attached to an aromatic ring is 1. The van der Waals surface area contributed by atoms with Crippen LogP contribution in [0.2, 0.25) is 0 Å². The normalized spacial score (nSPS) is 16.0. The molecule has 0 saturated heterocycles. The minimum absolute atomic E-state index is 0.205. The summed E-state index contributed by atoms with van der Waals surface area (Å²) in [6.45, 7) is 0. The molecule has 0 spiro atoms. The second kappa shape index (κ2) is 4.59. The Bertz CT molecular complexity index is 516. The maximum absolute atomic E-state index is 5.70. The molecule has 1 fully saturated rings. The van der Waals surface area contributed by atoms with E-state index in [1.165, 1.54) is 12.8 Å². The standard InChI is InChI=1S/C11H15N7/c12-9-15-10(14-8-4-1-2-5-8)17-11(16-9)18-7-3-6-13-18/h3,6-8H,1-2,4-5H2,(H3,12,14,15,16,17). The Kier molecular flexibility index (Phi) is 2.79. The molecule has 1 saturated carbocycles. The van der Waals surface area contributed by atoms with Crippen molar-refractivity contribution in [2.24, 2.45) is 0 Å². The third-order valence-electron chi connectivity index (χ3n) is 3.04. The van der Waals surface area contributed by atoms with Gasteiger partial charge in [0.2, 0.25) is 11.9 Å². The minimum Gasteiger partial charge on any atom is -0.368 e. The van der Waals surface area contributed by atoms with Crippen LogP contribution < -0.4 is 11.1 Å². The van der Waals surface area contributed by atoms with E-state index < -0.39 is 0 Å². The molecule has 2 heterocycles. The number of nitrogens with zero attached hydrogens (tertiary/aromatic N) is 5. The van der Waals surface area contributed by atoms with Crippen molar-refractivity contribution in [3.63, 3.8) is 0 Å². The van der Waals surface area contributed by atoms with E-state index in [1.807, 2.05) is 6.07 Å². The summed E-state index contributed by atoms with van der Waals surface area (Å²) in [6.07, 6.45) is 8.26. The highest BCUT2D eigenvalue weighted by Gasteiger charge is 2.16. The summed E-state index contributed by atoms with van der Waals surface area (Å²) in [4.78, 5) is 12.5. The Labute approximate surface area is 104 Å². The van der Waals surface area contributed by atoms with Gasteiger partial charge in [0.15, 0.2) is 0 Å². The first-order valence-electron chi connectivity index (χ1n) is 6.09. The average molecular weight is 245 g/mol. The molecule has 1 aliphatic rings. The van der Waals surface area contributed by atoms with E-state index in [1.54, 1.807) is 17.1 Å². The first kappa shape index (κ1) is 10.9. The zero-order valence-electron chi connectivity index (χ0n) is 9.95. The van der Waals surface area contributed by atoms with Crippen LogP contribution in [0.3, 0.4) is 0 Å². The molecule has 0 aromatic carbocycles. The number of nitrogens with one attached hydrogen (secondary N) is 1. The summed E-state index contributed by atoms with van der Waals surface area (Å²) in [6, 6.07) is 2.25. The molecule has 3 N–H and O–H groups in total. The van der Waals surface area contributed by atoms with Crippen LogP contribution >= 0.6 is 0 Å². The van der Waals surface area contributed by atoms with Gasteiger partial charge >= 0.3 is 0 Å². The molecule has 2 aromatic heterocycles. The Morgan fingerprint density at radius 3 is 2.78 bits per heavy atom. The van der Waals surface area contributed by atoms with E-state index in [4.69, 9.17) is 5.73 Å². The molecule has 7 nitrogen and oxygen atoms in total. The number of nitrogens with two attached hydrogens (primary N) is 1. The van der Waals surface area contributed by atoms with Gasteiger partial charge in [-0.3, -0.25) is 0 Å². The Morgan fingerprint density at radius 2 is 2.06 bits per heavy atom. The van der Waals surface area contributed by atoms with Crippen molar-refractivity contribution >= 4 is 11.9 Å². The third-order valence-corrected chi connectivity index (χ3v) is 3.04. The maximum atomic E-state index is 5.70. The number of rotatable bonds is 3. The summed E-state index contributed by atoms with van der Waals surface area (Å²) in [7, 11) is 0. The van der Waals surface area contributed by atoms with E-state index in [2.05, 4.69) is 25.4 Å². The Hall–Kier alpha value is -2.18. The molecular weight excluding hydrogens is 230 g/mol. The quantitative estimate of drug-likeness (QED) is 0.837. The molecule has 94 valence electrons. The van der Waals surface area contributed by atoms with E-state index in [0.29, 0.717) is 17.9 Å². The minimum atomic E-state index is 0.205. The van der Waals surface area contributed by atoms with Crippen molar-refractivity contribution in [2.75, 3.05) is 11.1 Å². The molecule has 0 aliphatic heterocycles. The fraction of sp³-hybridized carbons (Fsp3) is 0.455. The van der Waals surface area contributed by atoms with Crippen molar-refractivity contribution < 1.29 is 0 Å². The molecule has 3 rings (SSSR count). The maximum Gasteiger partial charge on any atom is 0.257 e. The number of hydrogen-bond acceptors (Lipinski definition) is 6. The van der Waals surface area contributed by atoms with E-state index >= 15 is 0 Å². The monoisotopic (exact) mass is 245 g/mol. The van der Waals surface area contributed by atoms with Gasteiger partial charge in [-0.25, -0.2) is 4.68 Å². The second-order valence-electron chi connectivity index (χ2n) is 4.39. The van der Waals surface area contributed by atoms with Crippen molar-refractivity contribution in [3.05, 3.63) is 18.5 Å². The van der Waals surface area contributed by atoms with Gasteiger partial charge in [-0.05, 0) is 18.9 Å². The zero-order valence-corrected chi connectivity index (χ0v) is 9.95. The highest BCUT2D eigenvalue weighted by Crippen LogP contribution is 2.21. The summed E-state index contributed by atoms with van der Waals surface area (Å²) in [5.41, 5.74) is 5.70. The fourth-order valence-corrected chi connectivity index (χ4v) is 2.19. The summed E-state index contributed by atoms with van der Waals surface area (Å²) >= 11 is 0. The first-order valence-corrected chi connectivity index (χ1v) is 6.09. The second-order valence-corrected chi connectivity index (χ2v) is 4.39. The number of hydrogen-bond donors (Lipinski definition) is 2. The summed E-state index contributed by atoms with van der Waals surface area (Å²) in [5, 5.41) is 7.38. The molecule has 1 aliphatic carbocycles. The van der Waals surface area contributed by atoms with Crippen molar-refractivity contribution in [1.82, 2.24) is 24.7 Å². The molecule has 0 amide bonds.